The maximum absolute atomic E-state index is 4.05. The molecule has 1 rings (SSSR count). The Morgan fingerprint density at radius 1 is 1.19 bits per heavy atom. The number of rotatable bonds is 4. The van der Waals surface area contributed by atoms with E-state index in [0.29, 0.717) is 0 Å². The predicted octanol–water partition coefficient (Wildman–Crippen LogP) is 3.90. The second-order valence-electron chi connectivity index (χ2n) is 4.15. The minimum atomic E-state index is 1.01. The van der Waals surface area contributed by atoms with Gasteiger partial charge in [0.2, 0.25) is 0 Å². The fourth-order valence-corrected chi connectivity index (χ4v) is 1.32. The van der Waals surface area contributed by atoms with Gasteiger partial charge in [0.1, 0.15) is 0 Å². The second kappa shape index (κ2) is 5.36. The van der Waals surface area contributed by atoms with Gasteiger partial charge in [-0.3, -0.25) is 0 Å². The smallest absolute Gasteiger partial charge is 0.0367 e. The molecular weight excluding hydrogens is 194 g/mol. The standard InChI is InChI=1S/C15H19N/c1-12(2)9-10-13(3)14-7-6-8-15(11-14)16(4)5/h6-11H,1,3H2,2,4-5H3/b10-9-. The molecule has 0 aromatic heterocycles. The maximum atomic E-state index is 4.05. The summed E-state index contributed by atoms with van der Waals surface area (Å²) >= 11 is 0. The van der Waals surface area contributed by atoms with Crippen LogP contribution in [0.25, 0.3) is 5.57 Å². The van der Waals surface area contributed by atoms with Crippen molar-refractivity contribution in [2.45, 2.75) is 6.92 Å². The predicted molar refractivity (Wildman–Crippen MR) is 73.8 cm³/mol. The molecular formula is C15H19N. The summed E-state index contributed by atoms with van der Waals surface area (Å²) < 4.78 is 0. The molecule has 0 radical (unpaired) electrons. The number of hydrogen-bond donors (Lipinski definition) is 0. The minimum absolute atomic E-state index is 1.01. The summed E-state index contributed by atoms with van der Waals surface area (Å²) in [6.07, 6.45) is 3.97. The molecule has 0 aliphatic heterocycles. The molecule has 1 heteroatoms. The van der Waals surface area contributed by atoms with E-state index in [9.17, 15) is 0 Å². The molecule has 1 aromatic carbocycles. The van der Waals surface area contributed by atoms with Crippen molar-refractivity contribution in [1.29, 1.82) is 0 Å². The largest absolute Gasteiger partial charge is 0.378 e. The summed E-state index contributed by atoms with van der Waals surface area (Å²) in [7, 11) is 4.07. The third-order valence-corrected chi connectivity index (χ3v) is 2.30. The van der Waals surface area contributed by atoms with Crippen LogP contribution in [-0.2, 0) is 0 Å². The topological polar surface area (TPSA) is 3.24 Å². The van der Waals surface area contributed by atoms with E-state index in [0.717, 1.165) is 16.7 Å². The van der Waals surface area contributed by atoms with Gasteiger partial charge in [-0.05, 0) is 30.2 Å². The first kappa shape index (κ1) is 12.3. The van der Waals surface area contributed by atoms with Crippen LogP contribution < -0.4 is 4.90 Å². The summed E-state index contributed by atoms with van der Waals surface area (Å²) in [6, 6.07) is 8.33. The Kier molecular flexibility index (Phi) is 4.12. The number of nitrogens with zero attached hydrogens (tertiary/aromatic N) is 1. The van der Waals surface area contributed by atoms with Gasteiger partial charge in [-0.25, -0.2) is 0 Å². The molecule has 84 valence electrons. The van der Waals surface area contributed by atoms with Crippen molar-refractivity contribution in [3.8, 4) is 0 Å². The van der Waals surface area contributed by atoms with E-state index < -0.39 is 0 Å². The first-order chi connectivity index (χ1) is 7.50. The summed E-state index contributed by atoms with van der Waals surface area (Å²) in [4.78, 5) is 2.08. The fourth-order valence-electron chi connectivity index (χ4n) is 1.32. The second-order valence-corrected chi connectivity index (χ2v) is 4.15. The average molecular weight is 213 g/mol. The van der Waals surface area contributed by atoms with Gasteiger partial charge < -0.3 is 4.90 Å². The van der Waals surface area contributed by atoms with Gasteiger partial charge in [-0.15, -0.1) is 0 Å². The molecule has 0 spiro atoms. The third kappa shape index (κ3) is 3.43. The van der Waals surface area contributed by atoms with Crippen molar-refractivity contribution in [2.75, 3.05) is 19.0 Å². The van der Waals surface area contributed by atoms with Crippen molar-refractivity contribution < 1.29 is 0 Å². The zero-order valence-electron chi connectivity index (χ0n) is 10.3. The Morgan fingerprint density at radius 2 is 1.88 bits per heavy atom. The van der Waals surface area contributed by atoms with Gasteiger partial charge in [0, 0.05) is 19.8 Å². The van der Waals surface area contributed by atoms with Crippen LogP contribution in [0.4, 0.5) is 5.69 Å². The van der Waals surface area contributed by atoms with E-state index in [1.165, 1.54) is 5.69 Å². The molecule has 0 N–H and O–H groups in total. The van der Waals surface area contributed by atoms with Gasteiger partial charge in [0.05, 0.1) is 0 Å². The quantitative estimate of drug-likeness (QED) is 0.686. The highest BCUT2D eigenvalue weighted by Gasteiger charge is 1.98. The lowest BCUT2D eigenvalue weighted by Crippen LogP contribution is -2.08. The van der Waals surface area contributed by atoms with Crippen LogP contribution in [0.2, 0.25) is 0 Å². The van der Waals surface area contributed by atoms with Crippen LogP contribution in [0.15, 0.2) is 55.1 Å². The molecule has 0 saturated heterocycles. The highest BCUT2D eigenvalue weighted by molar-refractivity contribution is 5.74. The minimum Gasteiger partial charge on any atom is -0.378 e. The first-order valence-corrected chi connectivity index (χ1v) is 5.31. The first-order valence-electron chi connectivity index (χ1n) is 5.31. The molecule has 0 saturated carbocycles. The Hall–Kier alpha value is -1.76. The monoisotopic (exact) mass is 213 g/mol. The Balaban J connectivity index is 2.92. The molecule has 0 fully saturated rings. The van der Waals surface area contributed by atoms with Crippen LogP contribution >= 0.6 is 0 Å². The zero-order chi connectivity index (χ0) is 12.1. The lowest BCUT2D eigenvalue weighted by atomic mass is 10.1. The number of anilines is 1. The van der Waals surface area contributed by atoms with E-state index in [2.05, 4.69) is 36.3 Å². The van der Waals surface area contributed by atoms with Crippen LogP contribution in [-0.4, -0.2) is 14.1 Å². The highest BCUT2D eigenvalue weighted by atomic mass is 15.1. The van der Waals surface area contributed by atoms with Crippen LogP contribution in [0.3, 0.4) is 0 Å². The summed E-state index contributed by atoms with van der Waals surface area (Å²) in [5.74, 6) is 0. The molecule has 1 aromatic rings. The van der Waals surface area contributed by atoms with Gasteiger partial charge in [0.25, 0.3) is 0 Å². The van der Waals surface area contributed by atoms with E-state index in [4.69, 9.17) is 0 Å². The lowest BCUT2D eigenvalue weighted by Gasteiger charge is -2.13. The van der Waals surface area contributed by atoms with Crippen LogP contribution in [0, 0.1) is 0 Å². The summed E-state index contributed by atoms with van der Waals surface area (Å²) in [5, 5.41) is 0. The van der Waals surface area contributed by atoms with Gasteiger partial charge in [0.15, 0.2) is 0 Å². The zero-order valence-corrected chi connectivity index (χ0v) is 10.3. The molecule has 16 heavy (non-hydrogen) atoms. The van der Waals surface area contributed by atoms with Crippen molar-refractivity contribution >= 4 is 11.3 Å². The van der Waals surface area contributed by atoms with Crippen molar-refractivity contribution in [1.82, 2.24) is 0 Å². The van der Waals surface area contributed by atoms with Crippen molar-refractivity contribution in [3.05, 3.63) is 60.7 Å². The molecule has 0 amide bonds. The van der Waals surface area contributed by atoms with Crippen LogP contribution in [0.5, 0.6) is 0 Å². The van der Waals surface area contributed by atoms with E-state index in [-0.39, 0.29) is 0 Å². The molecule has 0 aliphatic carbocycles. The number of allylic oxidation sites excluding steroid dienone is 4. The number of hydrogen-bond acceptors (Lipinski definition) is 1. The Labute approximate surface area is 98.4 Å². The Bertz CT molecular complexity index is 425. The number of benzene rings is 1. The molecule has 0 atom stereocenters. The van der Waals surface area contributed by atoms with Crippen molar-refractivity contribution in [2.24, 2.45) is 0 Å². The molecule has 0 aliphatic rings. The summed E-state index contributed by atoms with van der Waals surface area (Å²) in [6.45, 7) is 9.85. The third-order valence-electron chi connectivity index (χ3n) is 2.30. The Morgan fingerprint density at radius 3 is 2.44 bits per heavy atom. The van der Waals surface area contributed by atoms with Gasteiger partial charge in [-0.2, -0.15) is 0 Å². The normalized spacial score (nSPS) is 10.4. The summed E-state index contributed by atoms with van der Waals surface area (Å²) in [5.41, 5.74) is 4.36. The van der Waals surface area contributed by atoms with E-state index >= 15 is 0 Å². The fraction of sp³-hybridized carbons (Fsp3) is 0.200. The maximum Gasteiger partial charge on any atom is 0.0367 e. The average Bonchev–Trinajstić information content (AvgIpc) is 2.26. The van der Waals surface area contributed by atoms with Gasteiger partial charge in [-0.1, -0.05) is 43.0 Å². The molecule has 0 heterocycles. The van der Waals surface area contributed by atoms with Crippen molar-refractivity contribution in [3.63, 3.8) is 0 Å². The lowest BCUT2D eigenvalue weighted by molar-refractivity contribution is 1.13. The van der Waals surface area contributed by atoms with Crippen LogP contribution in [0.1, 0.15) is 12.5 Å². The molecule has 0 unspecified atom stereocenters. The van der Waals surface area contributed by atoms with E-state index in [1.54, 1.807) is 0 Å². The van der Waals surface area contributed by atoms with E-state index in [1.807, 2.05) is 39.2 Å². The molecule has 1 nitrogen and oxygen atoms in total. The van der Waals surface area contributed by atoms with Gasteiger partial charge >= 0.3 is 0 Å². The SMILES string of the molecule is C=C(C)/C=C\C(=C)c1cccc(N(C)C)c1. The molecule has 0 bridgehead atoms. The highest BCUT2D eigenvalue weighted by Crippen LogP contribution is 2.20.